The third-order valence-electron chi connectivity index (χ3n) is 4.21. The van der Waals surface area contributed by atoms with Crippen LogP contribution in [0.3, 0.4) is 0 Å². The fraction of sp³-hybridized carbons (Fsp3) is 0.533. The average molecular weight is 299 g/mol. The van der Waals surface area contributed by atoms with Gasteiger partial charge in [-0.15, -0.1) is 0 Å². The summed E-state index contributed by atoms with van der Waals surface area (Å²) in [5, 5.41) is 10.2. The Balaban J connectivity index is 2.70. The number of carbonyl (C=O) groups is 1. The van der Waals surface area contributed by atoms with E-state index in [1.54, 1.807) is 13.2 Å². The predicted molar refractivity (Wildman–Crippen MR) is 77.1 cm³/mol. The van der Waals surface area contributed by atoms with Crippen molar-refractivity contribution in [2.24, 2.45) is 0 Å². The summed E-state index contributed by atoms with van der Waals surface area (Å²) >= 11 is 6.36. The molecule has 0 heterocycles. The Morgan fingerprint density at radius 2 is 1.90 bits per heavy atom. The molecule has 110 valence electrons. The quantitative estimate of drug-likeness (QED) is 0.923. The van der Waals surface area contributed by atoms with E-state index in [2.05, 4.69) is 0 Å². The van der Waals surface area contributed by atoms with Crippen molar-refractivity contribution in [3.8, 4) is 11.5 Å². The van der Waals surface area contributed by atoms with Gasteiger partial charge in [0.2, 0.25) is 0 Å². The van der Waals surface area contributed by atoms with Crippen LogP contribution in [0.15, 0.2) is 6.07 Å². The van der Waals surface area contributed by atoms with Gasteiger partial charge in [-0.1, -0.05) is 24.4 Å². The molecule has 5 heteroatoms. The highest BCUT2D eigenvalue weighted by Gasteiger charge is 2.46. The smallest absolute Gasteiger partial charge is 0.314 e. The summed E-state index contributed by atoms with van der Waals surface area (Å²) in [5.41, 5.74) is 0.517. The molecule has 0 atom stereocenters. The van der Waals surface area contributed by atoms with Gasteiger partial charge in [0.05, 0.1) is 19.6 Å². The molecule has 1 saturated carbocycles. The summed E-state index contributed by atoms with van der Waals surface area (Å²) in [5.74, 6) is 0.268. The molecule has 1 aliphatic carbocycles. The first kappa shape index (κ1) is 15.0. The average Bonchev–Trinajstić information content (AvgIpc) is 2.88. The van der Waals surface area contributed by atoms with E-state index in [1.807, 2.05) is 6.92 Å². The van der Waals surface area contributed by atoms with Crippen molar-refractivity contribution in [2.75, 3.05) is 14.2 Å². The van der Waals surface area contributed by atoms with Crippen LogP contribution < -0.4 is 9.47 Å². The van der Waals surface area contributed by atoms with Crippen molar-refractivity contribution in [3.05, 3.63) is 22.2 Å². The van der Waals surface area contributed by atoms with E-state index in [4.69, 9.17) is 21.1 Å². The molecule has 1 aromatic carbocycles. The molecule has 20 heavy (non-hydrogen) atoms. The molecule has 2 rings (SSSR count). The van der Waals surface area contributed by atoms with Crippen LogP contribution in [0.5, 0.6) is 11.5 Å². The Bertz CT molecular complexity index is 533. The second-order valence-electron chi connectivity index (χ2n) is 5.19. The maximum atomic E-state index is 11.9. The summed E-state index contributed by atoms with van der Waals surface area (Å²) in [6.07, 6.45) is 3.02. The SMILES string of the molecule is COc1cc(Cl)c(C2(C(=O)O)CCCC2)c(C)c1OC. The zero-order valence-corrected chi connectivity index (χ0v) is 12.7. The van der Waals surface area contributed by atoms with Crippen molar-refractivity contribution < 1.29 is 19.4 Å². The zero-order valence-electron chi connectivity index (χ0n) is 12.0. The third-order valence-corrected chi connectivity index (χ3v) is 4.50. The lowest BCUT2D eigenvalue weighted by molar-refractivity contribution is -0.143. The van der Waals surface area contributed by atoms with E-state index < -0.39 is 11.4 Å². The Hall–Kier alpha value is -1.42. The van der Waals surface area contributed by atoms with Gasteiger partial charge in [-0.05, 0) is 25.3 Å². The normalized spacial score (nSPS) is 17.0. The topological polar surface area (TPSA) is 55.8 Å². The minimum Gasteiger partial charge on any atom is -0.493 e. The van der Waals surface area contributed by atoms with Crippen LogP contribution in [0.1, 0.15) is 36.8 Å². The highest BCUT2D eigenvalue weighted by atomic mass is 35.5. The molecule has 1 aromatic rings. The van der Waals surface area contributed by atoms with Gasteiger partial charge in [0.15, 0.2) is 11.5 Å². The van der Waals surface area contributed by atoms with Gasteiger partial charge in [0, 0.05) is 16.7 Å². The Morgan fingerprint density at radius 3 is 2.35 bits per heavy atom. The second-order valence-corrected chi connectivity index (χ2v) is 5.60. The molecule has 1 N–H and O–H groups in total. The first-order valence-electron chi connectivity index (χ1n) is 6.63. The molecule has 0 amide bonds. The minimum atomic E-state index is -0.902. The lowest BCUT2D eigenvalue weighted by Gasteiger charge is -2.29. The molecule has 1 aliphatic rings. The van der Waals surface area contributed by atoms with Gasteiger partial charge in [-0.3, -0.25) is 4.79 Å². The molecular weight excluding hydrogens is 280 g/mol. The number of halogens is 1. The second kappa shape index (κ2) is 5.52. The molecule has 1 fully saturated rings. The van der Waals surface area contributed by atoms with E-state index in [1.165, 1.54) is 7.11 Å². The van der Waals surface area contributed by atoms with Crippen molar-refractivity contribution in [1.29, 1.82) is 0 Å². The van der Waals surface area contributed by atoms with E-state index in [-0.39, 0.29) is 0 Å². The van der Waals surface area contributed by atoms with Crippen molar-refractivity contribution >= 4 is 17.6 Å². The fourth-order valence-electron chi connectivity index (χ4n) is 3.27. The van der Waals surface area contributed by atoms with E-state index in [9.17, 15) is 9.90 Å². The number of hydrogen-bond acceptors (Lipinski definition) is 3. The summed E-state index contributed by atoms with van der Waals surface area (Å²) in [7, 11) is 3.08. The number of hydrogen-bond donors (Lipinski definition) is 1. The summed E-state index contributed by atoms with van der Waals surface area (Å²) < 4.78 is 10.6. The first-order valence-corrected chi connectivity index (χ1v) is 7.00. The first-order chi connectivity index (χ1) is 9.47. The number of carboxylic acid groups (broad SMARTS) is 1. The lowest BCUT2D eigenvalue weighted by atomic mass is 9.76. The molecular formula is C15H19ClO4. The number of ether oxygens (including phenoxy) is 2. The van der Waals surface area contributed by atoms with Gasteiger partial charge in [0.1, 0.15) is 0 Å². The van der Waals surface area contributed by atoms with Crippen molar-refractivity contribution in [2.45, 2.75) is 38.0 Å². The highest BCUT2D eigenvalue weighted by molar-refractivity contribution is 6.32. The maximum absolute atomic E-state index is 11.9. The van der Waals surface area contributed by atoms with Gasteiger partial charge in [-0.2, -0.15) is 0 Å². The Kier molecular flexibility index (Phi) is 4.14. The summed E-state index contributed by atoms with van der Waals surface area (Å²) in [4.78, 5) is 11.9. The number of aliphatic carboxylic acids is 1. The predicted octanol–water partition coefficient (Wildman–Crippen LogP) is 3.56. The van der Waals surface area contributed by atoms with Crippen LogP contribution in [-0.2, 0) is 10.2 Å². The lowest BCUT2D eigenvalue weighted by Crippen LogP contribution is -2.34. The standard InChI is InChI=1S/C15H19ClO4/c1-9-12(15(14(17)18)6-4-5-7-15)10(16)8-11(19-2)13(9)20-3/h8H,4-7H2,1-3H3,(H,17,18). The largest absolute Gasteiger partial charge is 0.493 e. The molecule has 0 saturated heterocycles. The zero-order chi connectivity index (χ0) is 14.9. The van der Waals surface area contributed by atoms with Crippen LogP contribution in [0.25, 0.3) is 0 Å². The third kappa shape index (κ3) is 2.12. The van der Waals surface area contributed by atoms with E-state index in [0.29, 0.717) is 34.9 Å². The van der Waals surface area contributed by atoms with Crippen LogP contribution >= 0.6 is 11.6 Å². The number of methoxy groups -OCH3 is 2. The van der Waals surface area contributed by atoms with Crippen LogP contribution in [0.4, 0.5) is 0 Å². The van der Waals surface area contributed by atoms with Crippen LogP contribution in [0, 0.1) is 6.92 Å². The minimum absolute atomic E-state index is 0.435. The highest BCUT2D eigenvalue weighted by Crippen LogP contribution is 2.49. The van der Waals surface area contributed by atoms with Gasteiger partial charge >= 0.3 is 5.97 Å². The molecule has 0 unspecified atom stereocenters. The molecule has 0 spiro atoms. The fourth-order valence-corrected chi connectivity index (χ4v) is 3.69. The Labute approximate surface area is 123 Å². The maximum Gasteiger partial charge on any atom is 0.314 e. The Morgan fingerprint density at radius 1 is 1.30 bits per heavy atom. The van der Waals surface area contributed by atoms with E-state index in [0.717, 1.165) is 18.4 Å². The number of carboxylic acids is 1. The van der Waals surface area contributed by atoms with Crippen molar-refractivity contribution in [3.63, 3.8) is 0 Å². The molecule has 0 aliphatic heterocycles. The molecule has 0 radical (unpaired) electrons. The van der Waals surface area contributed by atoms with Gasteiger partial charge in [0.25, 0.3) is 0 Å². The van der Waals surface area contributed by atoms with Crippen LogP contribution in [-0.4, -0.2) is 25.3 Å². The van der Waals surface area contributed by atoms with Gasteiger partial charge < -0.3 is 14.6 Å². The molecule has 0 bridgehead atoms. The van der Waals surface area contributed by atoms with Gasteiger partial charge in [-0.25, -0.2) is 0 Å². The summed E-state index contributed by atoms with van der Waals surface area (Å²) in [6.45, 7) is 1.84. The van der Waals surface area contributed by atoms with Crippen LogP contribution in [0.2, 0.25) is 5.02 Å². The van der Waals surface area contributed by atoms with Crippen molar-refractivity contribution in [1.82, 2.24) is 0 Å². The number of benzene rings is 1. The molecule has 4 nitrogen and oxygen atoms in total. The number of rotatable bonds is 4. The molecule has 0 aromatic heterocycles. The summed E-state index contributed by atoms with van der Waals surface area (Å²) in [6, 6.07) is 1.64. The monoisotopic (exact) mass is 298 g/mol. The van der Waals surface area contributed by atoms with E-state index >= 15 is 0 Å².